The number of para-hydroxylation sites is 2. The SMILES string of the molecule is CN(CCN(C)Cc1ccc2ccccc2n1)Cc1ccc2ccccc2n1. The third-order valence-corrected chi connectivity index (χ3v) is 5.04. The van der Waals surface area contributed by atoms with E-state index >= 15 is 0 Å². The first-order chi connectivity index (χ1) is 13.7. The van der Waals surface area contributed by atoms with E-state index in [0.29, 0.717) is 0 Å². The molecular formula is C24H26N4. The van der Waals surface area contributed by atoms with Gasteiger partial charge in [-0.1, -0.05) is 48.5 Å². The molecule has 4 nitrogen and oxygen atoms in total. The van der Waals surface area contributed by atoms with Crippen LogP contribution in [0.1, 0.15) is 11.4 Å². The molecule has 0 aliphatic carbocycles. The average Bonchev–Trinajstić information content (AvgIpc) is 2.72. The predicted octanol–water partition coefficient (Wildman–Crippen LogP) is 4.35. The second-order valence-corrected chi connectivity index (χ2v) is 7.47. The summed E-state index contributed by atoms with van der Waals surface area (Å²) in [6.07, 6.45) is 0. The van der Waals surface area contributed by atoms with Gasteiger partial charge in [0.15, 0.2) is 0 Å². The van der Waals surface area contributed by atoms with Crippen molar-refractivity contribution in [1.82, 2.24) is 19.8 Å². The monoisotopic (exact) mass is 370 g/mol. The molecule has 2 heterocycles. The number of fused-ring (bicyclic) bond motifs is 2. The maximum absolute atomic E-state index is 4.77. The summed E-state index contributed by atoms with van der Waals surface area (Å²) < 4.78 is 0. The molecule has 0 unspecified atom stereocenters. The van der Waals surface area contributed by atoms with Crippen molar-refractivity contribution in [2.45, 2.75) is 13.1 Å². The zero-order valence-corrected chi connectivity index (χ0v) is 16.5. The minimum atomic E-state index is 0.854. The summed E-state index contributed by atoms with van der Waals surface area (Å²) in [7, 11) is 4.30. The zero-order valence-electron chi connectivity index (χ0n) is 16.5. The molecule has 28 heavy (non-hydrogen) atoms. The predicted molar refractivity (Wildman–Crippen MR) is 116 cm³/mol. The van der Waals surface area contributed by atoms with Gasteiger partial charge in [-0.3, -0.25) is 19.8 Å². The summed E-state index contributed by atoms with van der Waals surface area (Å²) in [6, 6.07) is 25.1. The van der Waals surface area contributed by atoms with Gasteiger partial charge in [0.2, 0.25) is 0 Å². The number of hydrogen-bond donors (Lipinski definition) is 0. The Hall–Kier alpha value is -2.82. The van der Waals surface area contributed by atoms with Gasteiger partial charge < -0.3 is 0 Å². The van der Waals surface area contributed by atoms with E-state index in [0.717, 1.165) is 48.6 Å². The number of hydrogen-bond acceptors (Lipinski definition) is 4. The lowest BCUT2D eigenvalue weighted by molar-refractivity contribution is 0.244. The summed E-state index contributed by atoms with van der Waals surface area (Å²) >= 11 is 0. The van der Waals surface area contributed by atoms with Gasteiger partial charge in [0.25, 0.3) is 0 Å². The number of aromatic nitrogens is 2. The van der Waals surface area contributed by atoms with Crippen LogP contribution in [0.15, 0.2) is 72.8 Å². The number of pyridine rings is 2. The van der Waals surface area contributed by atoms with E-state index in [1.165, 1.54) is 10.8 Å². The first kappa shape index (κ1) is 18.5. The van der Waals surface area contributed by atoms with E-state index in [1.807, 2.05) is 12.1 Å². The van der Waals surface area contributed by atoms with Crippen molar-refractivity contribution >= 4 is 21.8 Å². The molecule has 4 heteroatoms. The Balaban J connectivity index is 1.31. The van der Waals surface area contributed by atoms with Gasteiger partial charge in [-0.05, 0) is 38.4 Å². The van der Waals surface area contributed by atoms with Crippen LogP contribution in [0.5, 0.6) is 0 Å². The van der Waals surface area contributed by atoms with E-state index in [2.05, 4.69) is 84.6 Å². The average molecular weight is 371 g/mol. The molecule has 0 radical (unpaired) electrons. The summed E-state index contributed by atoms with van der Waals surface area (Å²) in [5.74, 6) is 0. The number of likely N-dealkylation sites (N-methyl/N-ethyl adjacent to an activating group) is 2. The fourth-order valence-electron chi connectivity index (χ4n) is 3.45. The molecule has 0 amide bonds. The van der Waals surface area contributed by atoms with Crippen LogP contribution in [0.2, 0.25) is 0 Å². The highest BCUT2D eigenvalue weighted by Crippen LogP contribution is 2.14. The Bertz CT molecular complexity index is 989. The molecule has 0 N–H and O–H groups in total. The third kappa shape index (κ3) is 4.53. The van der Waals surface area contributed by atoms with Gasteiger partial charge in [0, 0.05) is 37.0 Å². The third-order valence-electron chi connectivity index (χ3n) is 5.04. The lowest BCUT2D eigenvalue weighted by atomic mass is 10.2. The van der Waals surface area contributed by atoms with Crippen LogP contribution in [0.4, 0.5) is 0 Å². The highest BCUT2D eigenvalue weighted by atomic mass is 15.2. The maximum atomic E-state index is 4.77. The van der Waals surface area contributed by atoms with Crippen LogP contribution in [-0.2, 0) is 13.1 Å². The highest BCUT2D eigenvalue weighted by molar-refractivity contribution is 5.79. The maximum Gasteiger partial charge on any atom is 0.0705 e. The number of benzene rings is 2. The van der Waals surface area contributed by atoms with Crippen LogP contribution in [-0.4, -0.2) is 47.0 Å². The standard InChI is InChI=1S/C24H26N4/c1-27(17-21-13-11-19-7-3-5-9-23(19)25-21)15-16-28(2)18-22-14-12-20-8-4-6-10-24(20)26-22/h3-14H,15-18H2,1-2H3. The molecule has 142 valence electrons. The topological polar surface area (TPSA) is 32.3 Å². The highest BCUT2D eigenvalue weighted by Gasteiger charge is 2.07. The largest absolute Gasteiger partial charge is 0.299 e. The Kier molecular flexibility index (Phi) is 5.60. The van der Waals surface area contributed by atoms with Crippen LogP contribution in [0.3, 0.4) is 0 Å². The van der Waals surface area contributed by atoms with E-state index in [4.69, 9.17) is 9.97 Å². The lowest BCUT2D eigenvalue weighted by Crippen LogP contribution is -2.30. The molecule has 0 aliphatic heterocycles. The minimum Gasteiger partial charge on any atom is -0.299 e. The molecular weight excluding hydrogens is 344 g/mol. The van der Waals surface area contributed by atoms with Gasteiger partial charge in [-0.25, -0.2) is 0 Å². The smallest absolute Gasteiger partial charge is 0.0705 e. The number of nitrogens with zero attached hydrogens (tertiary/aromatic N) is 4. The summed E-state index contributed by atoms with van der Waals surface area (Å²) in [5.41, 5.74) is 4.35. The molecule has 0 bridgehead atoms. The van der Waals surface area contributed by atoms with Gasteiger partial charge in [0.1, 0.15) is 0 Å². The van der Waals surface area contributed by atoms with E-state index < -0.39 is 0 Å². The van der Waals surface area contributed by atoms with Crippen molar-refractivity contribution in [1.29, 1.82) is 0 Å². The van der Waals surface area contributed by atoms with Crippen LogP contribution in [0.25, 0.3) is 21.8 Å². The fraction of sp³-hybridized carbons (Fsp3) is 0.250. The molecule has 4 rings (SSSR count). The molecule has 0 spiro atoms. The summed E-state index contributed by atoms with van der Waals surface area (Å²) in [6.45, 7) is 3.68. The Morgan fingerprint density at radius 3 is 1.46 bits per heavy atom. The van der Waals surface area contributed by atoms with E-state index in [9.17, 15) is 0 Å². The molecule has 0 aliphatic rings. The van der Waals surface area contributed by atoms with Gasteiger partial charge in [0.05, 0.1) is 22.4 Å². The molecule has 4 aromatic rings. The molecule has 2 aromatic heterocycles. The molecule has 0 atom stereocenters. The van der Waals surface area contributed by atoms with Crippen molar-refractivity contribution < 1.29 is 0 Å². The minimum absolute atomic E-state index is 0.854. The molecule has 0 saturated heterocycles. The summed E-state index contributed by atoms with van der Waals surface area (Å²) in [4.78, 5) is 14.2. The zero-order chi connectivity index (χ0) is 19.3. The first-order valence-corrected chi connectivity index (χ1v) is 9.74. The Morgan fingerprint density at radius 1 is 0.571 bits per heavy atom. The van der Waals surface area contributed by atoms with E-state index in [1.54, 1.807) is 0 Å². The summed E-state index contributed by atoms with van der Waals surface area (Å²) in [5, 5.41) is 2.38. The normalized spacial score (nSPS) is 11.7. The van der Waals surface area contributed by atoms with Crippen molar-refractivity contribution in [3.8, 4) is 0 Å². The van der Waals surface area contributed by atoms with Gasteiger partial charge in [-0.2, -0.15) is 0 Å². The Morgan fingerprint density at radius 2 is 1.00 bits per heavy atom. The lowest BCUT2D eigenvalue weighted by Gasteiger charge is -2.21. The second kappa shape index (κ2) is 8.46. The van der Waals surface area contributed by atoms with Crippen molar-refractivity contribution in [3.05, 3.63) is 84.2 Å². The van der Waals surface area contributed by atoms with Crippen LogP contribution < -0.4 is 0 Å². The van der Waals surface area contributed by atoms with Crippen LogP contribution >= 0.6 is 0 Å². The van der Waals surface area contributed by atoms with Crippen LogP contribution in [0, 0.1) is 0 Å². The van der Waals surface area contributed by atoms with Gasteiger partial charge in [-0.15, -0.1) is 0 Å². The molecule has 2 aromatic carbocycles. The van der Waals surface area contributed by atoms with Crippen molar-refractivity contribution in [2.75, 3.05) is 27.2 Å². The Labute approximate surface area is 166 Å². The fourth-order valence-corrected chi connectivity index (χ4v) is 3.45. The molecule has 0 saturated carbocycles. The number of rotatable bonds is 7. The molecule has 0 fully saturated rings. The quantitative estimate of drug-likeness (QED) is 0.484. The first-order valence-electron chi connectivity index (χ1n) is 9.74. The van der Waals surface area contributed by atoms with Crippen molar-refractivity contribution in [2.24, 2.45) is 0 Å². The second-order valence-electron chi connectivity index (χ2n) is 7.47. The van der Waals surface area contributed by atoms with Crippen molar-refractivity contribution in [3.63, 3.8) is 0 Å². The van der Waals surface area contributed by atoms with E-state index in [-0.39, 0.29) is 0 Å². The van der Waals surface area contributed by atoms with Gasteiger partial charge >= 0.3 is 0 Å².